The molecule has 2 N–H and O–H groups in total. The number of nitrogens with one attached hydrogen (secondary N) is 1. The number of hydrogen-bond donors (Lipinski definition) is 2. The van der Waals surface area contributed by atoms with Crippen LogP contribution in [-0.2, 0) is 10.4 Å². The summed E-state index contributed by atoms with van der Waals surface area (Å²) in [6.07, 6.45) is 0. The van der Waals surface area contributed by atoms with E-state index in [1.165, 1.54) is 0 Å². The molecule has 0 unspecified atom stereocenters. The first-order valence-electron chi connectivity index (χ1n) is 11.9. The van der Waals surface area contributed by atoms with Crippen LogP contribution in [0.25, 0.3) is 22.2 Å². The average Bonchev–Trinajstić information content (AvgIpc) is 3.25. The van der Waals surface area contributed by atoms with E-state index in [1.807, 2.05) is 87.5 Å². The number of amides is 1. The fraction of sp³-hybridized carbons (Fsp3) is 0.129. The third kappa shape index (κ3) is 4.25. The van der Waals surface area contributed by atoms with Crippen LogP contribution < -0.4 is 0 Å². The van der Waals surface area contributed by atoms with Gasteiger partial charge in [0.05, 0.1) is 5.69 Å². The predicted octanol–water partition coefficient (Wildman–Crippen LogP) is 7.31. The Morgan fingerprint density at radius 1 is 0.750 bits per heavy atom. The summed E-state index contributed by atoms with van der Waals surface area (Å²) in [5.74, 6) is -0.751. The maximum Gasteiger partial charge on any atom is 0.305 e. The number of rotatable bonds is 5. The first-order valence-corrected chi connectivity index (χ1v) is 11.9. The molecule has 178 valence electrons. The molecule has 0 atom stereocenters. The summed E-state index contributed by atoms with van der Waals surface area (Å²) in [6, 6.07) is 30.4. The normalized spacial score (nSPS) is 11.9. The molecule has 5 nitrogen and oxygen atoms in total. The second-order valence-corrected chi connectivity index (χ2v) is 9.22. The maximum absolute atomic E-state index is 13.7. The van der Waals surface area contributed by atoms with Crippen LogP contribution in [0.3, 0.4) is 0 Å². The molecule has 4 aromatic carbocycles. The number of H-pyrrole nitrogens is 1. The van der Waals surface area contributed by atoms with Crippen molar-refractivity contribution in [2.75, 3.05) is 0 Å². The van der Waals surface area contributed by atoms with Crippen LogP contribution in [0.2, 0.25) is 0 Å². The Hall–Kier alpha value is -4.35. The van der Waals surface area contributed by atoms with Gasteiger partial charge in [-0.15, -0.1) is 10.2 Å². The number of aromatic amines is 1. The van der Waals surface area contributed by atoms with Gasteiger partial charge in [-0.05, 0) is 44.0 Å². The molecule has 1 heterocycles. The van der Waals surface area contributed by atoms with E-state index in [0.29, 0.717) is 16.8 Å². The van der Waals surface area contributed by atoms with Gasteiger partial charge in [0.1, 0.15) is 5.69 Å². The predicted molar refractivity (Wildman–Crippen MR) is 143 cm³/mol. The number of aromatic nitrogens is 1. The Kier molecular flexibility index (Phi) is 6.08. The van der Waals surface area contributed by atoms with Crippen LogP contribution in [0.4, 0.5) is 5.69 Å². The van der Waals surface area contributed by atoms with E-state index in [2.05, 4.69) is 21.3 Å². The number of carbonyl (C=O) groups is 1. The molecule has 5 rings (SSSR count). The van der Waals surface area contributed by atoms with Gasteiger partial charge in [0.15, 0.2) is 5.60 Å². The molecular weight excluding hydrogens is 446 g/mol. The second kappa shape index (κ2) is 9.36. The number of para-hydroxylation sites is 1. The number of hydrogen-bond acceptors (Lipinski definition) is 3. The van der Waals surface area contributed by atoms with Crippen molar-refractivity contribution in [2.45, 2.75) is 26.4 Å². The molecular formula is C31H27N3O2. The van der Waals surface area contributed by atoms with Crippen LogP contribution in [0, 0.1) is 20.8 Å². The Balaban J connectivity index is 1.65. The van der Waals surface area contributed by atoms with Crippen molar-refractivity contribution in [3.05, 3.63) is 125 Å². The summed E-state index contributed by atoms with van der Waals surface area (Å²) in [4.78, 5) is 17.1. The first-order chi connectivity index (χ1) is 17.4. The van der Waals surface area contributed by atoms with Gasteiger partial charge in [0.25, 0.3) is 0 Å². The molecule has 0 saturated heterocycles. The average molecular weight is 474 g/mol. The van der Waals surface area contributed by atoms with Gasteiger partial charge in [-0.1, -0.05) is 102 Å². The number of fused-ring (bicyclic) bond motifs is 1. The highest BCUT2D eigenvalue weighted by Gasteiger charge is 2.40. The topological polar surface area (TPSA) is 77.8 Å². The van der Waals surface area contributed by atoms with Crippen molar-refractivity contribution in [2.24, 2.45) is 10.2 Å². The van der Waals surface area contributed by atoms with E-state index in [1.54, 1.807) is 24.3 Å². The maximum atomic E-state index is 13.7. The number of benzene rings is 4. The largest absolute Gasteiger partial charge is 0.372 e. The third-order valence-electron chi connectivity index (χ3n) is 6.41. The van der Waals surface area contributed by atoms with Gasteiger partial charge in [-0.25, -0.2) is 0 Å². The molecule has 0 fully saturated rings. The Labute approximate surface area is 210 Å². The third-order valence-corrected chi connectivity index (χ3v) is 6.41. The standard InChI is InChI=1S/C31H27N3O2/c1-20-9-6-12-23(17-20)28-29(26-15-4-5-16-27(26)32-28)33-34-30(35)31(36,24-13-7-10-21(2)18-24)25-14-8-11-22(3)19-25/h4-19,32,36H,1-3H3. The molecule has 0 spiro atoms. The fourth-order valence-corrected chi connectivity index (χ4v) is 4.56. The van der Waals surface area contributed by atoms with E-state index in [-0.39, 0.29) is 0 Å². The summed E-state index contributed by atoms with van der Waals surface area (Å²) in [5.41, 5.74) is 5.07. The lowest BCUT2D eigenvalue weighted by Crippen LogP contribution is -2.36. The minimum Gasteiger partial charge on any atom is -0.372 e. The molecule has 0 bridgehead atoms. The minimum absolute atomic E-state index is 0.454. The van der Waals surface area contributed by atoms with Crippen molar-refractivity contribution in [1.29, 1.82) is 0 Å². The Morgan fingerprint density at radius 3 is 1.94 bits per heavy atom. The van der Waals surface area contributed by atoms with Gasteiger partial charge in [-0.3, -0.25) is 4.79 Å². The molecule has 1 aromatic heterocycles. The van der Waals surface area contributed by atoms with Gasteiger partial charge < -0.3 is 10.1 Å². The fourth-order valence-electron chi connectivity index (χ4n) is 4.56. The molecule has 1 amide bonds. The van der Waals surface area contributed by atoms with Crippen molar-refractivity contribution in [3.63, 3.8) is 0 Å². The lowest BCUT2D eigenvalue weighted by molar-refractivity contribution is -0.133. The summed E-state index contributed by atoms with van der Waals surface area (Å²) in [5, 5.41) is 21.3. The lowest BCUT2D eigenvalue weighted by atomic mass is 9.84. The van der Waals surface area contributed by atoms with Gasteiger partial charge in [0.2, 0.25) is 0 Å². The molecule has 5 aromatic rings. The van der Waals surface area contributed by atoms with Crippen LogP contribution in [-0.4, -0.2) is 16.0 Å². The highest BCUT2D eigenvalue weighted by Crippen LogP contribution is 2.39. The molecule has 0 aliphatic rings. The highest BCUT2D eigenvalue weighted by molar-refractivity contribution is 6.00. The molecule has 0 radical (unpaired) electrons. The quantitative estimate of drug-likeness (QED) is 0.263. The van der Waals surface area contributed by atoms with E-state index in [0.717, 1.165) is 38.9 Å². The molecule has 0 saturated carbocycles. The Morgan fingerprint density at radius 2 is 1.33 bits per heavy atom. The number of aliphatic hydroxyl groups is 1. The first kappa shape index (κ1) is 23.4. The van der Waals surface area contributed by atoms with E-state index >= 15 is 0 Å². The zero-order valence-electron chi connectivity index (χ0n) is 20.5. The molecule has 0 aliphatic heterocycles. The summed E-state index contributed by atoms with van der Waals surface area (Å²) in [6.45, 7) is 5.87. The minimum atomic E-state index is -1.98. The van der Waals surface area contributed by atoms with Crippen molar-refractivity contribution < 1.29 is 9.90 Å². The van der Waals surface area contributed by atoms with Crippen molar-refractivity contribution in [3.8, 4) is 11.3 Å². The van der Waals surface area contributed by atoms with Crippen LogP contribution in [0.15, 0.2) is 107 Å². The number of nitrogens with zero attached hydrogens (tertiary/aromatic N) is 2. The lowest BCUT2D eigenvalue weighted by Gasteiger charge is -2.26. The zero-order chi connectivity index (χ0) is 25.3. The van der Waals surface area contributed by atoms with Crippen LogP contribution in [0.5, 0.6) is 0 Å². The van der Waals surface area contributed by atoms with Gasteiger partial charge in [0, 0.05) is 16.5 Å². The number of azo groups is 1. The number of carbonyl (C=O) groups excluding carboxylic acids is 1. The summed E-state index contributed by atoms with van der Waals surface area (Å²) in [7, 11) is 0. The zero-order valence-corrected chi connectivity index (χ0v) is 20.5. The smallest absolute Gasteiger partial charge is 0.305 e. The Bertz CT molecular complexity index is 1570. The van der Waals surface area contributed by atoms with Gasteiger partial charge in [-0.2, -0.15) is 0 Å². The molecule has 0 aliphatic carbocycles. The summed E-state index contributed by atoms with van der Waals surface area (Å²) >= 11 is 0. The SMILES string of the molecule is Cc1cccc(-c2[nH]c3ccccc3c2N=NC(=O)C(O)(c2cccc(C)c2)c2cccc(C)c2)c1. The molecule has 36 heavy (non-hydrogen) atoms. The van der Waals surface area contributed by atoms with E-state index < -0.39 is 11.5 Å². The summed E-state index contributed by atoms with van der Waals surface area (Å²) < 4.78 is 0. The van der Waals surface area contributed by atoms with Crippen LogP contribution >= 0.6 is 0 Å². The molecule has 5 heteroatoms. The van der Waals surface area contributed by atoms with Gasteiger partial charge >= 0.3 is 5.91 Å². The van der Waals surface area contributed by atoms with E-state index in [9.17, 15) is 9.90 Å². The van der Waals surface area contributed by atoms with Crippen LogP contribution in [0.1, 0.15) is 27.8 Å². The van der Waals surface area contributed by atoms with E-state index in [4.69, 9.17) is 0 Å². The van der Waals surface area contributed by atoms with Crippen molar-refractivity contribution in [1.82, 2.24) is 4.98 Å². The number of aryl methyl sites for hydroxylation is 3. The monoisotopic (exact) mass is 473 g/mol. The highest BCUT2D eigenvalue weighted by atomic mass is 16.3. The second-order valence-electron chi connectivity index (χ2n) is 9.22. The van der Waals surface area contributed by atoms with Crippen molar-refractivity contribution >= 4 is 22.5 Å².